The first-order valence-electron chi connectivity index (χ1n) is 11.2. The van der Waals surface area contributed by atoms with Gasteiger partial charge in [-0.1, -0.05) is 44.2 Å². The van der Waals surface area contributed by atoms with Gasteiger partial charge in [0, 0.05) is 18.5 Å². The number of aliphatic hydroxyl groups excluding tert-OH is 1. The van der Waals surface area contributed by atoms with Crippen LogP contribution in [0.25, 0.3) is 11.4 Å². The topological polar surface area (TPSA) is 121 Å². The number of nitrogens with one attached hydrogen (secondary N) is 1. The molecule has 0 amide bonds. The van der Waals surface area contributed by atoms with E-state index in [1.165, 1.54) is 17.0 Å². The smallest absolute Gasteiger partial charge is 0.419 e. The summed E-state index contributed by atoms with van der Waals surface area (Å²) in [4.78, 5) is 5.61. The third-order valence-electron chi connectivity index (χ3n) is 5.61. The highest BCUT2D eigenvalue weighted by Crippen LogP contribution is 2.39. The minimum absolute atomic E-state index is 0. The van der Waals surface area contributed by atoms with Gasteiger partial charge >= 0.3 is 6.18 Å². The number of hydrogen-bond donors (Lipinski definition) is 3. The second-order valence-corrected chi connectivity index (χ2v) is 8.22. The lowest BCUT2D eigenvalue weighted by Crippen LogP contribution is -2.36. The van der Waals surface area contributed by atoms with Crippen molar-refractivity contribution in [2.24, 2.45) is 5.73 Å². The molecular formula is C22H31ClF3N5O3. The van der Waals surface area contributed by atoms with Crippen LogP contribution in [0.3, 0.4) is 0 Å². The first kappa shape index (κ1) is 27.7. The molecule has 12 heteroatoms. The van der Waals surface area contributed by atoms with Gasteiger partial charge in [0.05, 0.1) is 18.3 Å². The fourth-order valence-electron chi connectivity index (χ4n) is 3.88. The van der Waals surface area contributed by atoms with E-state index < -0.39 is 23.9 Å². The Kier molecular flexibility index (Phi) is 9.99. The molecule has 2 atom stereocenters. The maximum atomic E-state index is 13.7. The van der Waals surface area contributed by atoms with Gasteiger partial charge in [0.1, 0.15) is 11.8 Å². The number of guanidine groups is 1. The monoisotopic (exact) mass is 505 g/mol. The summed E-state index contributed by atoms with van der Waals surface area (Å²) in [5.74, 6) is -0.440. The molecule has 1 aliphatic heterocycles. The summed E-state index contributed by atoms with van der Waals surface area (Å²) in [6.07, 6.45) is 0.949. The predicted octanol–water partition coefficient (Wildman–Crippen LogP) is 4.92. The Balaban J connectivity index is 0.00000408. The molecule has 34 heavy (non-hydrogen) atoms. The molecule has 0 saturated carbocycles. The number of β-amino-alcohol motifs (C(OH)–C–C–N with tert-alkyl or cyclic N) is 1. The number of aliphatic hydroxyl groups is 1. The Morgan fingerprint density at radius 3 is 2.65 bits per heavy atom. The normalized spacial score (nSPS) is 18.1. The van der Waals surface area contributed by atoms with Gasteiger partial charge in [0.2, 0.25) is 11.7 Å². The number of alkyl halides is 3. The van der Waals surface area contributed by atoms with E-state index >= 15 is 0 Å². The lowest BCUT2D eigenvalue weighted by Gasteiger charge is -2.20. The number of benzene rings is 1. The molecule has 2 aromatic rings. The summed E-state index contributed by atoms with van der Waals surface area (Å²) in [7, 11) is 0. The minimum Gasteiger partial charge on any atom is -0.493 e. The Hall–Kier alpha value is -2.53. The van der Waals surface area contributed by atoms with Gasteiger partial charge in [-0.05, 0) is 24.6 Å². The zero-order chi connectivity index (χ0) is 24.0. The standard InChI is InChI=1S/C22H30F3N5O3.ClH/c1-2-3-4-5-6-7-10-32-18-9-8-14(11-16(18)22(23,24)25)19-28-20(33-29-19)17-12-15(31)13-30(17)21(26)27;/h8-9,11,15,17,31H,2-7,10,12-13H2,1H3,(H3,26,27);1H/t15-,17-;/m0./s1. The average molecular weight is 506 g/mol. The minimum atomic E-state index is -4.61. The summed E-state index contributed by atoms with van der Waals surface area (Å²) in [5.41, 5.74) is 4.76. The van der Waals surface area contributed by atoms with Gasteiger partial charge in [0.15, 0.2) is 5.96 Å². The van der Waals surface area contributed by atoms with E-state index in [1.54, 1.807) is 0 Å². The van der Waals surface area contributed by atoms with Gasteiger partial charge in [0.25, 0.3) is 0 Å². The van der Waals surface area contributed by atoms with Crippen molar-refractivity contribution < 1.29 is 27.5 Å². The van der Waals surface area contributed by atoms with Gasteiger partial charge in [-0.2, -0.15) is 18.2 Å². The molecule has 0 spiro atoms. The maximum Gasteiger partial charge on any atom is 0.419 e. The molecular weight excluding hydrogens is 475 g/mol. The van der Waals surface area contributed by atoms with E-state index in [1.807, 2.05) is 0 Å². The van der Waals surface area contributed by atoms with Crippen molar-refractivity contribution in [3.63, 3.8) is 0 Å². The molecule has 1 aromatic heterocycles. The highest BCUT2D eigenvalue weighted by Gasteiger charge is 2.38. The highest BCUT2D eigenvalue weighted by molar-refractivity contribution is 5.85. The maximum absolute atomic E-state index is 13.7. The predicted molar refractivity (Wildman–Crippen MR) is 123 cm³/mol. The van der Waals surface area contributed by atoms with Gasteiger partial charge < -0.3 is 25.0 Å². The van der Waals surface area contributed by atoms with Crippen LogP contribution in [0, 0.1) is 5.41 Å². The summed E-state index contributed by atoms with van der Waals surface area (Å²) < 4.78 is 51.7. The van der Waals surface area contributed by atoms with Gasteiger partial charge in [-0.25, -0.2) is 0 Å². The first-order valence-corrected chi connectivity index (χ1v) is 11.2. The summed E-state index contributed by atoms with van der Waals surface area (Å²) >= 11 is 0. The number of rotatable bonds is 10. The van der Waals surface area contributed by atoms with Crippen LogP contribution in [-0.2, 0) is 6.18 Å². The molecule has 1 aliphatic rings. The lowest BCUT2D eigenvalue weighted by molar-refractivity contribution is -0.138. The van der Waals surface area contributed by atoms with Crippen molar-refractivity contribution in [3.05, 3.63) is 29.7 Å². The second kappa shape index (κ2) is 12.3. The van der Waals surface area contributed by atoms with Crippen LogP contribution in [-0.4, -0.2) is 45.4 Å². The number of nitrogens with zero attached hydrogens (tertiary/aromatic N) is 3. The van der Waals surface area contributed by atoms with Crippen molar-refractivity contribution >= 4 is 18.4 Å². The molecule has 1 saturated heterocycles. The van der Waals surface area contributed by atoms with Crippen molar-refractivity contribution in [1.82, 2.24) is 15.0 Å². The fourth-order valence-corrected chi connectivity index (χ4v) is 3.88. The summed E-state index contributed by atoms with van der Waals surface area (Å²) in [6.45, 7) is 2.48. The molecule has 4 N–H and O–H groups in total. The van der Waals surface area contributed by atoms with Crippen molar-refractivity contribution in [3.8, 4) is 17.1 Å². The number of aromatic nitrogens is 2. The number of ether oxygens (including phenoxy) is 1. The van der Waals surface area contributed by atoms with Crippen LogP contribution >= 0.6 is 12.4 Å². The van der Waals surface area contributed by atoms with E-state index in [4.69, 9.17) is 20.4 Å². The van der Waals surface area contributed by atoms with Gasteiger partial charge in [-0.15, -0.1) is 12.4 Å². The number of hydrogen-bond acceptors (Lipinski definition) is 6. The van der Waals surface area contributed by atoms with E-state index in [0.717, 1.165) is 38.2 Å². The van der Waals surface area contributed by atoms with Crippen LogP contribution < -0.4 is 10.5 Å². The molecule has 0 bridgehead atoms. The SMILES string of the molecule is CCCCCCCCOc1ccc(-c2noc([C@@H]3C[C@H](O)CN3C(=N)N)n2)cc1C(F)(F)F.Cl. The molecule has 0 radical (unpaired) electrons. The molecule has 190 valence electrons. The van der Waals surface area contributed by atoms with Crippen LogP contribution in [0.1, 0.15) is 69.4 Å². The zero-order valence-corrected chi connectivity index (χ0v) is 19.8. The molecule has 8 nitrogen and oxygen atoms in total. The molecule has 2 heterocycles. The van der Waals surface area contributed by atoms with E-state index in [-0.39, 0.29) is 61.0 Å². The Morgan fingerprint density at radius 1 is 1.26 bits per heavy atom. The number of halogens is 4. The molecule has 3 rings (SSSR count). The van der Waals surface area contributed by atoms with Crippen molar-refractivity contribution in [2.45, 2.75) is 70.2 Å². The number of likely N-dealkylation sites (tertiary alicyclic amines) is 1. The van der Waals surface area contributed by atoms with E-state index in [0.29, 0.717) is 6.42 Å². The third-order valence-corrected chi connectivity index (χ3v) is 5.61. The number of nitrogens with two attached hydrogens (primary N) is 1. The highest BCUT2D eigenvalue weighted by atomic mass is 35.5. The van der Waals surface area contributed by atoms with E-state index in [9.17, 15) is 18.3 Å². The first-order chi connectivity index (χ1) is 15.7. The van der Waals surface area contributed by atoms with E-state index in [2.05, 4.69) is 17.1 Å². The Morgan fingerprint density at radius 2 is 1.97 bits per heavy atom. The average Bonchev–Trinajstić information content (AvgIpc) is 3.39. The van der Waals surface area contributed by atoms with Crippen molar-refractivity contribution in [1.29, 1.82) is 5.41 Å². The zero-order valence-electron chi connectivity index (χ0n) is 19.0. The Bertz CT molecular complexity index is 941. The van der Waals surface area contributed by atoms with Crippen LogP contribution in [0.2, 0.25) is 0 Å². The molecule has 1 aromatic carbocycles. The second-order valence-electron chi connectivity index (χ2n) is 8.22. The Labute approximate surface area is 202 Å². The quantitative estimate of drug-likeness (QED) is 0.238. The van der Waals surface area contributed by atoms with Gasteiger partial charge in [-0.3, -0.25) is 5.41 Å². The molecule has 1 fully saturated rings. The van der Waals surface area contributed by atoms with Crippen LogP contribution in [0.4, 0.5) is 13.2 Å². The summed E-state index contributed by atoms with van der Waals surface area (Å²) in [5, 5.41) is 21.3. The van der Waals surface area contributed by atoms with Crippen LogP contribution in [0.5, 0.6) is 5.75 Å². The fraction of sp³-hybridized carbons (Fsp3) is 0.591. The lowest BCUT2D eigenvalue weighted by atomic mass is 10.1. The third kappa shape index (κ3) is 6.99. The molecule has 0 aliphatic carbocycles. The molecule has 0 unspecified atom stereocenters. The summed E-state index contributed by atoms with van der Waals surface area (Å²) in [6, 6.07) is 3.05. The van der Waals surface area contributed by atoms with Crippen LogP contribution in [0.15, 0.2) is 22.7 Å². The number of unbranched alkanes of at least 4 members (excludes halogenated alkanes) is 5. The largest absolute Gasteiger partial charge is 0.493 e. The van der Waals surface area contributed by atoms with Crippen molar-refractivity contribution in [2.75, 3.05) is 13.2 Å².